The standard InChI is InChI=1S/C26H25NO3S/c1-16-11-13-23-20(14-16)25-26(30-23)27(21-9-5-7-18-6-3-4-8-19(18)21)22-12-10-17(2)15-24(22)31(25,28)29/h5,7,9-13,15-16H,3-4,6,8,14H2,1-2H3. The summed E-state index contributed by atoms with van der Waals surface area (Å²) in [6.07, 6.45) is 9.12. The number of nitrogens with zero attached hydrogens (tertiary/aromatic N) is 1. The maximum Gasteiger partial charge on any atom is 0.224 e. The average Bonchev–Trinajstić information content (AvgIpc) is 3.14. The van der Waals surface area contributed by atoms with Gasteiger partial charge in [0.15, 0.2) is 0 Å². The normalized spacial score (nSPS) is 20.6. The zero-order chi connectivity index (χ0) is 21.3. The van der Waals surface area contributed by atoms with Crippen molar-refractivity contribution in [2.45, 2.75) is 55.7 Å². The van der Waals surface area contributed by atoms with E-state index in [0.717, 1.165) is 36.1 Å². The van der Waals surface area contributed by atoms with Crippen molar-refractivity contribution >= 4 is 33.2 Å². The number of rotatable bonds is 1. The van der Waals surface area contributed by atoms with E-state index < -0.39 is 9.84 Å². The summed E-state index contributed by atoms with van der Waals surface area (Å²) in [5.74, 6) is 1.39. The molecule has 158 valence electrons. The van der Waals surface area contributed by atoms with Crippen LogP contribution in [0.1, 0.15) is 47.8 Å². The molecule has 0 saturated carbocycles. The largest absolute Gasteiger partial charge is 0.439 e. The molecule has 0 amide bonds. The number of hydrogen-bond donors (Lipinski definition) is 0. The van der Waals surface area contributed by atoms with E-state index in [2.05, 4.69) is 36.1 Å². The number of benzene rings is 2. The fourth-order valence-corrected chi connectivity index (χ4v) is 7.16. The van der Waals surface area contributed by atoms with Crippen LogP contribution in [0.4, 0.5) is 17.3 Å². The SMILES string of the molecule is Cc1ccc2c(c1)S(=O)(=O)c1c(oc3c1CC(C)C=C3)N2c1cccc2c1CCCC2. The van der Waals surface area contributed by atoms with Gasteiger partial charge >= 0.3 is 0 Å². The molecule has 0 fully saturated rings. The third-order valence-electron chi connectivity index (χ3n) is 6.80. The van der Waals surface area contributed by atoms with Gasteiger partial charge in [0.25, 0.3) is 0 Å². The van der Waals surface area contributed by atoms with Crippen LogP contribution in [-0.4, -0.2) is 8.42 Å². The summed E-state index contributed by atoms with van der Waals surface area (Å²) in [5, 5.41) is 0. The zero-order valence-electron chi connectivity index (χ0n) is 17.8. The summed E-state index contributed by atoms with van der Waals surface area (Å²) in [6.45, 7) is 4.05. The summed E-state index contributed by atoms with van der Waals surface area (Å²) in [7, 11) is -3.68. The van der Waals surface area contributed by atoms with Crippen molar-refractivity contribution in [1.82, 2.24) is 0 Å². The maximum atomic E-state index is 13.8. The van der Waals surface area contributed by atoms with E-state index in [1.165, 1.54) is 17.5 Å². The van der Waals surface area contributed by atoms with Crippen molar-refractivity contribution in [3.8, 4) is 0 Å². The van der Waals surface area contributed by atoms with Gasteiger partial charge in [0.05, 0.1) is 16.3 Å². The first-order chi connectivity index (χ1) is 14.9. The van der Waals surface area contributed by atoms with Gasteiger partial charge in [0.2, 0.25) is 15.7 Å². The van der Waals surface area contributed by atoms with Gasteiger partial charge in [0.1, 0.15) is 10.7 Å². The first-order valence-corrected chi connectivity index (χ1v) is 12.5. The van der Waals surface area contributed by atoms with Crippen LogP contribution in [0.15, 0.2) is 56.7 Å². The lowest BCUT2D eigenvalue weighted by Gasteiger charge is -2.33. The molecular weight excluding hydrogens is 406 g/mol. The van der Waals surface area contributed by atoms with Gasteiger partial charge in [0, 0.05) is 5.56 Å². The van der Waals surface area contributed by atoms with Gasteiger partial charge in [-0.3, -0.25) is 4.90 Å². The van der Waals surface area contributed by atoms with Crippen LogP contribution in [0.25, 0.3) is 6.08 Å². The van der Waals surface area contributed by atoms with Gasteiger partial charge in [-0.1, -0.05) is 31.2 Å². The Morgan fingerprint density at radius 2 is 1.87 bits per heavy atom. The highest BCUT2D eigenvalue weighted by Gasteiger charge is 2.42. The topological polar surface area (TPSA) is 50.5 Å². The molecular formula is C26H25NO3S. The van der Waals surface area contributed by atoms with Gasteiger partial charge < -0.3 is 4.42 Å². The van der Waals surface area contributed by atoms with E-state index in [4.69, 9.17) is 4.42 Å². The maximum absolute atomic E-state index is 13.8. The molecule has 0 bridgehead atoms. The molecule has 1 atom stereocenters. The Kier molecular flexibility index (Phi) is 4.03. The number of furan rings is 1. The third kappa shape index (κ3) is 2.69. The summed E-state index contributed by atoms with van der Waals surface area (Å²) < 4.78 is 34.0. The minimum atomic E-state index is -3.68. The Balaban J connectivity index is 1.69. The van der Waals surface area contributed by atoms with E-state index in [1.807, 2.05) is 25.1 Å². The molecule has 2 heterocycles. The molecule has 5 heteroatoms. The van der Waals surface area contributed by atoms with Crippen molar-refractivity contribution in [3.05, 3.63) is 70.5 Å². The summed E-state index contributed by atoms with van der Waals surface area (Å²) in [5.41, 5.74) is 6.14. The summed E-state index contributed by atoms with van der Waals surface area (Å²) in [4.78, 5) is 2.79. The number of allylic oxidation sites excluding steroid dienone is 1. The van der Waals surface area contributed by atoms with E-state index in [9.17, 15) is 8.42 Å². The number of fused-ring (bicyclic) bond motifs is 5. The number of hydrogen-bond acceptors (Lipinski definition) is 4. The second-order valence-electron chi connectivity index (χ2n) is 9.05. The van der Waals surface area contributed by atoms with Crippen molar-refractivity contribution in [2.75, 3.05) is 4.90 Å². The molecule has 1 unspecified atom stereocenters. The second-order valence-corrected chi connectivity index (χ2v) is 10.9. The number of sulfone groups is 1. The molecule has 31 heavy (non-hydrogen) atoms. The van der Waals surface area contributed by atoms with Crippen molar-refractivity contribution in [1.29, 1.82) is 0 Å². The summed E-state index contributed by atoms with van der Waals surface area (Å²) >= 11 is 0. The Hall–Kier alpha value is -2.79. The minimum Gasteiger partial charge on any atom is -0.439 e. The van der Waals surface area contributed by atoms with Crippen LogP contribution >= 0.6 is 0 Å². The molecule has 0 spiro atoms. The molecule has 2 aromatic carbocycles. The fourth-order valence-electron chi connectivity index (χ4n) is 5.30. The lowest BCUT2D eigenvalue weighted by Crippen LogP contribution is -2.24. The first kappa shape index (κ1) is 18.9. The highest BCUT2D eigenvalue weighted by molar-refractivity contribution is 7.92. The fraction of sp³-hybridized carbons (Fsp3) is 0.308. The minimum absolute atomic E-state index is 0.279. The van der Waals surface area contributed by atoms with Crippen LogP contribution in [0, 0.1) is 12.8 Å². The molecule has 2 aliphatic carbocycles. The molecule has 3 aromatic rings. The second kappa shape index (κ2) is 6.60. The smallest absolute Gasteiger partial charge is 0.224 e. The summed E-state index contributed by atoms with van der Waals surface area (Å²) in [6, 6.07) is 12.1. The predicted molar refractivity (Wildman–Crippen MR) is 122 cm³/mol. The van der Waals surface area contributed by atoms with E-state index in [0.29, 0.717) is 33.5 Å². The van der Waals surface area contributed by atoms with Crippen molar-refractivity contribution in [2.24, 2.45) is 5.92 Å². The van der Waals surface area contributed by atoms with Crippen molar-refractivity contribution in [3.63, 3.8) is 0 Å². The quantitative estimate of drug-likeness (QED) is 0.355. The molecule has 4 nitrogen and oxygen atoms in total. The number of aryl methyl sites for hydroxylation is 2. The molecule has 0 N–H and O–H groups in total. The van der Waals surface area contributed by atoms with E-state index >= 15 is 0 Å². The Morgan fingerprint density at radius 3 is 2.74 bits per heavy atom. The van der Waals surface area contributed by atoms with E-state index in [-0.39, 0.29) is 5.92 Å². The molecule has 1 aliphatic heterocycles. The molecule has 1 aromatic heterocycles. The molecule has 0 radical (unpaired) electrons. The zero-order valence-corrected chi connectivity index (χ0v) is 18.6. The third-order valence-corrected chi connectivity index (χ3v) is 8.67. The van der Waals surface area contributed by atoms with Gasteiger partial charge in [-0.25, -0.2) is 8.42 Å². The van der Waals surface area contributed by atoms with Crippen LogP contribution in [0.2, 0.25) is 0 Å². The van der Waals surface area contributed by atoms with Crippen LogP contribution in [-0.2, 0) is 29.1 Å². The number of anilines is 3. The Bertz CT molecular complexity index is 1360. The lowest BCUT2D eigenvalue weighted by atomic mass is 9.90. The molecule has 3 aliphatic rings. The highest BCUT2D eigenvalue weighted by Crippen LogP contribution is 2.53. The molecule has 0 saturated heterocycles. The lowest BCUT2D eigenvalue weighted by molar-refractivity contribution is 0.544. The Morgan fingerprint density at radius 1 is 1.03 bits per heavy atom. The van der Waals surface area contributed by atoms with Gasteiger partial charge in [-0.05, 0) is 85.9 Å². The predicted octanol–water partition coefficient (Wildman–Crippen LogP) is 6.29. The van der Waals surface area contributed by atoms with Crippen LogP contribution in [0.3, 0.4) is 0 Å². The monoisotopic (exact) mass is 431 g/mol. The van der Waals surface area contributed by atoms with Gasteiger partial charge in [-0.2, -0.15) is 0 Å². The highest BCUT2D eigenvalue weighted by atomic mass is 32.2. The van der Waals surface area contributed by atoms with Crippen LogP contribution in [0.5, 0.6) is 0 Å². The van der Waals surface area contributed by atoms with Crippen molar-refractivity contribution < 1.29 is 12.8 Å². The van der Waals surface area contributed by atoms with E-state index in [1.54, 1.807) is 6.07 Å². The average molecular weight is 432 g/mol. The van der Waals surface area contributed by atoms with Gasteiger partial charge in [-0.15, -0.1) is 0 Å². The molecule has 6 rings (SSSR count). The first-order valence-electron chi connectivity index (χ1n) is 11.1. The Labute approximate surface area is 183 Å². The van der Waals surface area contributed by atoms with Crippen LogP contribution < -0.4 is 4.90 Å².